The highest BCUT2D eigenvalue weighted by molar-refractivity contribution is 5.70. The van der Waals surface area contributed by atoms with Crippen LogP contribution in [0.15, 0.2) is 11.6 Å². The lowest BCUT2D eigenvalue weighted by Crippen LogP contribution is -2.40. The first-order chi connectivity index (χ1) is 7.88. The van der Waals surface area contributed by atoms with Crippen LogP contribution < -0.4 is 0 Å². The number of carbonyl (C=O) groups is 1. The summed E-state index contributed by atoms with van der Waals surface area (Å²) in [6, 6.07) is 0.0496. The Hall–Kier alpha value is -1.03. The molecule has 1 amide bonds. The maximum atomic E-state index is 12.0. The molecule has 1 heterocycles. The van der Waals surface area contributed by atoms with Gasteiger partial charge in [-0.15, -0.1) is 0 Å². The summed E-state index contributed by atoms with van der Waals surface area (Å²) in [5, 5.41) is 9.92. The van der Waals surface area contributed by atoms with Crippen molar-refractivity contribution in [3.8, 4) is 0 Å². The van der Waals surface area contributed by atoms with Gasteiger partial charge in [0.2, 0.25) is 0 Å². The first-order valence-electron chi connectivity index (χ1n) is 6.26. The summed E-state index contributed by atoms with van der Waals surface area (Å²) in [4.78, 5) is 13.7. The minimum Gasteiger partial charge on any atom is -0.444 e. The van der Waals surface area contributed by atoms with Crippen molar-refractivity contribution in [2.75, 3.05) is 6.54 Å². The smallest absolute Gasteiger partial charge is 0.410 e. The van der Waals surface area contributed by atoms with Gasteiger partial charge >= 0.3 is 6.09 Å². The number of amides is 1. The van der Waals surface area contributed by atoms with Gasteiger partial charge in [0.1, 0.15) is 5.60 Å². The van der Waals surface area contributed by atoms with Crippen LogP contribution in [0.1, 0.15) is 40.0 Å². The van der Waals surface area contributed by atoms with E-state index < -0.39 is 11.7 Å². The van der Waals surface area contributed by atoms with Gasteiger partial charge in [-0.1, -0.05) is 6.08 Å². The highest BCUT2D eigenvalue weighted by Crippen LogP contribution is 2.33. The Kier molecular flexibility index (Phi) is 3.17. The molecule has 2 aliphatic rings. The Balaban J connectivity index is 2.10. The molecule has 0 spiro atoms. The zero-order chi connectivity index (χ0) is 12.6. The SMILES string of the molecule is CC(C)(C)OC(=O)N1C[C@H](O)C2=CCCC[C@@H]21. The second-order valence-corrected chi connectivity index (χ2v) is 5.80. The van der Waals surface area contributed by atoms with E-state index in [1.165, 1.54) is 0 Å². The van der Waals surface area contributed by atoms with Crippen LogP contribution >= 0.6 is 0 Å². The van der Waals surface area contributed by atoms with E-state index in [1.54, 1.807) is 4.90 Å². The summed E-state index contributed by atoms with van der Waals surface area (Å²) in [5.41, 5.74) is 0.519. The molecule has 0 saturated carbocycles. The number of ether oxygens (including phenoxy) is 1. The third-order valence-corrected chi connectivity index (χ3v) is 3.21. The highest BCUT2D eigenvalue weighted by atomic mass is 16.6. The summed E-state index contributed by atoms with van der Waals surface area (Å²) >= 11 is 0. The van der Waals surface area contributed by atoms with Crippen molar-refractivity contribution < 1.29 is 14.6 Å². The standard InChI is InChI=1S/C13H21NO3/c1-13(2,3)17-12(16)14-8-11(15)9-6-4-5-7-10(9)14/h6,10-11,15H,4-5,7-8H2,1-3H3/t10-,11-/m0/s1. The summed E-state index contributed by atoms with van der Waals surface area (Å²) in [6.45, 7) is 5.93. The molecular formula is C13H21NO3. The number of likely N-dealkylation sites (tertiary alicyclic amines) is 1. The second-order valence-electron chi connectivity index (χ2n) is 5.80. The van der Waals surface area contributed by atoms with Gasteiger partial charge in [-0.25, -0.2) is 4.79 Å². The lowest BCUT2D eigenvalue weighted by Gasteiger charge is -2.29. The van der Waals surface area contributed by atoms with E-state index >= 15 is 0 Å². The predicted octanol–water partition coefficient (Wildman–Crippen LogP) is 2.08. The van der Waals surface area contributed by atoms with Crippen molar-refractivity contribution >= 4 is 6.09 Å². The average Bonchev–Trinajstić information content (AvgIpc) is 2.55. The number of hydrogen-bond acceptors (Lipinski definition) is 3. The number of β-amino-alcohol motifs (C(OH)–C–C–N with tert-alkyl or cyclic N) is 1. The van der Waals surface area contributed by atoms with E-state index in [9.17, 15) is 9.90 Å². The minimum absolute atomic E-state index is 0.0496. The molecule has 2 rings (SSSR count). The maximum absolute atomic E-state index is 12.0. The molecule has 0 aromatic heterocycles. The lowest BCUT2D eigenvalue weighted by molar-refractivity contribution is 0.0205. The Morgan fingerprint density at radius 1 is 1.53 bits per heavy atom. The largest absolute Gasteiger partial charge is 0.444 e. The molecule has 0 unspecified atom stereocenters. The van der Waals surface area contributed by atoms with E-state index in [0.29, 0.717) is 6.54 Å². The second kappa shape index (κ2) is 4.33. The first kappa shape index (κ1) is 12.4. The Labute approximate surface area is 102 Å². The van der Waals surface area contributed by atoms with E-state index in [-0.39, 0.29) is 12.1 Å². The number of aliphatic hydroxyl groups is 1. The van der Waals surface area contributed by atoms with Gasteiger partial charge in [0, 0.05) is 0 Å². The minimum atomic E-state index is -0.507. The van der Waals surface area contributed by atoms with Gasteiger partial charge in [-0.05, 0) is 45.6 Å². The molecule has 0 aromatic carbocycles. The number of allylic oxidation sites excluding steroid dienone is 1. The molecule has 4 heteroatoms. The maximum Gasteiger partial charge on any atom is 0.410 e. The Bertz CT molecular complexity index is 343. The molecular weight excluding hydrogens is 218 g/mol. The van der Waals surface area contributed by atoms with Crippen molar-refractivity contribution in [1.82, 2.24) is 4.90 Å². The zero-order valence-electron chi connectivity index (χ0n) is 10.8. The topological polar surface area (TPSA) is 49.8 Å². The van der Waals surface area contributed by atoms with Crippen LogP contribution in [0.2, 0.25) is 0 Å². The normalized spacial score (nSPS) is 28.7. The van der Waals surface area contributed by atoms with Gasteiger partial charge < -0.3 is 9.84 Å². The van der Waals surface area contributed by atoms with Crippen LogP contribution in [0, 0.1) is 0 Å². The molecule has 17 heavy (non-hydrogen) atoms. The molecule has 0 aromatic rings. The van der Waals surface area contributed by atoms with Crippen molar-refractivity contribution in [2.24, 2.45) is 0 Å². The number of aliphatic hydroxyl groups excluding tert-OH is 1. The van der Waals surface area contributed by atoms with Crippen molar-refractivity contribution in [1.29, 1.82) is 0 Å². The van der Waals surface area contributed by atoms with Crippen molar-refractivity contribution in [3.05, 3.63) is 11.6 Å². The Morgan fingerprint density at radius 3 is 2.88 bits per heavy atom. The van der Waals surface area contributed by atoms with Gasteiger partial charge in [0.05, 0.1) is 18.7 Å². The summed E-state index contributed by atoms with van der Waals surface area (Å²) < 4.78 is 5.37. The van der Waals surface area contributed by atoms with Crippen LogP contribution in [0.5, 0.6) is 0 Å². The van der Waals surface area contributed by atoms with Crippen LogP contribution in [0.4, 0.5) is 4.79 Å². The van der Waals surface area contributed by atoms with Gasteiger partial charge in [-0.3, -0.25) is 4.90 Å². The molecule has 4 nitrogen and oxygen atoms in total. The number of rotatable bonds is 0. The fraction of sp³-hybridized carbons (Fsp3) is 0.769. The number of carbonyl (C=O) groups excluding carboxylic acids is 1. The van der Waals surface area contributed by atoms with Crippen LogP contribution in [0.3, 0.4) is 0 Å². The number of hydrogen-bond donors (Lipinski definition) is 1. The fourth-order valence-corrected chi connectivity index (χ4v) is 2.52. The molecule has 1 saturated heterocycles. The monoisotopic (exact) mass is 239 g/mol. The van der Waals surface area contributed by atoms with Crippen LogP contribution in [-0.4, -0.2) is 40.4 Å². The molecule has 96 valence electrons. The van der Waals surface area contributed by atoms with Gasteiger partial charge in [0.15, 0.2) is 0 Å². The molecule has 2 atom stereocenters. The number of nitrogens with zero attached hydrogens (tertiary/aromatic N) is 1. The first-order valence-corrected chi connectivity index (χ1v) is 6.26. The van der Waals surface area contributed by atoms with E-state index in [0.717, 1.165) is 24.8 Å². The van der Waals surface area contributed by atoms with Crippen LogP contribution in [0.25, 0.3) is 0 Å². The Morgan fingerprint density at radius 2 is 2.24 bits per heavy atom. The predicted molar refractivity (Wildman–Crippen MR) is 64.7 cm³/mol. The van der Waals surface area contributed by atoms with Crippen molar-refractivity contribution in [3.63, 3.8) is 0 Å². The molecule has 0 bridgehead atoms. The summed E-state index contributed by atoms with van der Waals surface area (Å²) in [6.07, 6.45) is 4.26. The summed E-state index contributed by atoms with van der Waals surface area (Å²) in [7, 11) is 0. The van der Waals surface area contributed by atoms with Crippen LogP contribution in [-0.2, 0) is 4.74 Å². The molecule has 1 aliphatic heterocycles. The van der Waals surface area contributed by atoms with Gasteiger partial charge in [-0.2, -0.15) is 0 Å². The number of fused-ring (bicyclic) bond motifs is 1. The van der Waals surface area contributed by atoms with E-state index in [2.05, 4.69) is 6.08 Å². The van der Waals surface area contributed by atoms with Gasteiger partial charge in [0.25, 0.3) is 0 Å². The molecule has 0 radical (unpaired) electrons. The average molecular weight is 239 g/mol. The van der Waals surface area contributed by atoms with Crippen molar-refractivity contribution in [2.45, 2.75) is 57.8 Å². The third-order valence-electron chi connectivity index (χ3n) is 3.21. The van der Waals surface area contributed by atoms with E-state index in [4.69, 9.17) is 4.74 Å². The quantitative estimate of drug-likeness (QED) is 0.658. The molecule has 1 fully saturated rings. The lowest BCUT2D eigenvalue weighted by atomic mass is 9.94. The van der Waals surface area contributed by atoms with E-state index in [1.807, 2.05) is 20.8 Å². The summed E-state index contributed by atoms with van der Waals surface area (Å²) in [5.74, 6) is 0. The fourth-order valence-electron chi connectivity index (χ4n) is 2.52. The zero-order valence-corrected chi connectivity index (χ0v) is 10.8. The molecule has 1 aliphatic carbocycles. The highest BCUT2D eigenvalue weighted by Gasteiger charge is 2.40. The third kappa shape index (κ3) is 2.63. The molecule has 1 N–H and O–H groups in total.